The normalized spacial score (nSPS) is 17.6. The lowest BCUT2D eigenvalue weighted by Crippen LogP contribution is -2.18. The molecule has 0 spiro atoms. The van der Waals surface area contributed by atoms with E-state index >= 15 is 0 Å². The Bertz CT molecular complexity index is 636. The van der Waals surface area contributed by atoms with Crippen molar-refractivity contribution >= 4 is 0 Å². The Balaban J connectivity index is 1.91. The average Bonchev–Trinajstić information content (AvgIpc) is 3.16. The number of nitrogens with one attached hydrogen (secondary N) is 1. The topological polar surface area (TPSA) is 36.0 Å². The standard InChI is InChI=1S/C20H26FNO/c1-20(2,23)17-10-9-15(13-18(17)21)16(19-8-5-11-22-19)12-14-6-3-4-7-14/h5,8-11,13-14,16,22-23H,3-4,6-7,12H2,1-2H3/t16-/m1/s1. The molecule has 1 saturated carbocycles. The number of H-pyrrole nitrogens is 1. The first-order chi connectivity index (χ1) is 10.9. The fourth-order valence-corrected chi connectivity index (χ4v) is 3.83. The van der Waals surface area contributed by atoms with Crippen molar-refractivity contribution in [3.63, 3.8) is 0 Å². The quantitative estimate of drug-likeness (QED) is 0.792. The van der Waals surface area contributed by atoms with E-state index in [1.807, 2.05) is 18.3 Å². The van der Waals surface area contributed by atoms with Crippen LogP contribution in [0.2, 0.25) is 0 Å². The lowest BCUT2D eigenvalue weighted by molar-refractivity contribution is 0.0745. The van der Waals surface area contributed by atoms with Gasteiger partial charge in [0, 0.05) is 23.4 Å². The van der Waals surface area contributed by atoms with Crippen molar-refractivity contribution in [2.75, 3.05) is 0 Å². The van der Waals surface area contributed by atoms with Crippen molar-refractivity contribution in [3.8, 4) is 0 Å². The molecule has 1 heterocycles. The van der Waals surface area contributed by atoms with Crippen molar-refractivity contribution in [3.05, 3.63) is 59.2 Å². The Labute approximate surface area is 137 Å². The van der Waals surface area contributed by atoms with Crippen LogP contribution < -0.4 is 0 Å². The minimum absolute atomic E-state index is 0.193. The Morgan fingerprint density at radius 2 is 2.00 bits per heavy atom. The van der Waals surface area contributed by atoms with Crippen LogP contribution in [0.1, 0.15) is 68.7 Å². The molecule has 0 radical (unpaired) electrons. The van der Waals surface area contributed by atoms with Gasteiger partial charge in [-0.2, -0.15) is 0 Å². The van der Waals surface area contributed by atoms with E-state index in [0.29, 0.717) is 5.56 Å². The molecule has 0 bridgehead atoms. The van der Waals surface area contributed by atoms with Crippen LogP contribution >= 0.6 is 0 Å². The van der Waals surface area contributed by atoms with E-state index in [0.717, 1.165) is 23.6 Å². The first kappa shape index (κ1) is 16.3. The largest absolute Gasteiger partial charge is 0.386 e. The van der Waals surface area contributed by atoms with Gasteiger partial charge in [-0.1, -0.05) is 37.8 Å². The summed E-state index contributed by atoms with van der Waals surface area (Å²) in [6.07, 6.45) is 8.17. The molecule has 0 unspecified atom stereocenters. The molecule has 124 valence electrons. The molecule has 2 N–H and O–H groups in total. The van der Waals surface area contributed by atoms with Crippen LogP contribution in [0.4, 0.5) is 4.39 Å². The highest BCUT2D eigenvalue weighted by atomic mass is 19.1. The van der Waals surface area contributed by atoms with Gasteiger partial charge in [0.15, 0.2) is 0 Å². The van der Waals surface area contributed by atoms with E-state index in [9.17, 15) is 9.50 Å². The molecule has 0 saturated heterocycles. The van der Waals surface area contributed by atoms with Gasteiger partial charge < -0.3 is 10.1 Å². The molecule has 0 aliphatic heterocycles. The predicted octanol–water partition coefficient (Wildman–Crippen LogP) is 5.09. The van der Waals surface area contributed by atoms with Gasteiger partial charge in [-0.05, 0) is 49.9 Å². The Hall–Kier alpha value is -1.61. The molecule has 1 fully saturated rings. The monoisotopic (exact) mass is 315 g/mol. The van der Waals surface area contributed by atoms with Crippen LogP contribution in [0.5, 0.6) is 0 Å². The van der Waals surface area contributed by atoms with Gasteiger partial charge in [0.2, 0.25) is 0 Å². The summed E-state index contributed by atoms with van der Waals surface area (Å²) in [6, 6.07) is 9.39. The molecule has 1 aromatic heterocycles. The molecule has 2 aromatic rings. The summed E-state index contributed by atoms with van der Waals surface area (Å²) in [5.74, 6) is 0.594. The second-order valence-corrected chi connectivity index (χ2v) is 7.36. The van der Waals surface area contributed by atoms with Crippen LogP contribution in [0.15, 0.2) is 36.5 Å². The summed E-state index contributed by atoms with van der Waals surface area (Å²) in [6.45, 7) is 3.23. The molecule has 1 aliphatic rings. The van der Waals surface area contributed by atoms with Crippen molar-refractivity contribution in [1.82, 2.24) is 4.98 Å². The van der Waals surface area contributed by atoms with Crippen LogP contribution in [-0.4, -0.2) is 10.1 Å². The van der Waals surface area contributed by atoms with Crippen LogP contribution in [-0.2, 0) is 5.60 Å². The van der Waals surface area contributed by atoms with Gasteiger partial charge in [-0.15, -0.1) is 0 Å². The molecular formula is C20H26FNO. The molecule has 0 amide bonds. The smallest absolute Gasteiger partial charge is 0.129 e. The van der Waals surface area contributed by atoms with Gasteiger partial charge >= 0.3 is 0 Å². The summed E-state index contributed by atoms with van der Waals surface area (Å²) in [5.41, 5.74) is 1.33. The Morgan fingerprint density at radius 1 is 1.26 bits per heavy atom. The third kappa shape index (κ3) is 3.66. The molecular weight excluding hydrogens is 289 g/mol. The lowest BCUT2D eigenvalue weighted by Gasteiger charge is -2.23. The van der Waals surface area contributed by atoms with Crippen molar-refractivity contribution in [1.29, 1.82) is 0 Å². The van der Waals surface area contributed by atoms with E-state index < -0.39 is 5.60 Å². The number of hydrogen-bond acceptors (Lipinski definition) is 1. The first-order valence-electron chi connectivity index (χ1n) is 8.60. The van der Waals surface area contributed by atoms with E-state index in [2.05, 4.69) is 11.1 Å². The minimum Gasteiger partial charge on any atom is -0.386 e. The zero-order valence-electron chi connectivity index (χ0n) is 14.0. The maximum atomic E-state index is 14.5. The maximum absolute atomic E-state index is 14.5. The third-order valence-corrected chi connectivity index (χ3v) is 5.10. The van der Waals surface area contributed by atoms with Crippen LogP contribution in [0, 0.1) is 11.7 Å². The molecule has 3 heteroatoms. The third-order valence-electron chi connectivity index (χ3n) is 5.10. The zero-order valence-corrected chi connectivity index (χ0v) is 14.0. The van der Waals surface area contributed by atoms with Gasteiger partial charge in [0.1, 0.15) is 5.82 Å². The van der Waals surface area contributed by atoms with Gasteiger partial charge in [0.25, 0.3) is 0 Å². The van der Waals surface area contributed by atoms with E-state index in [1.54, 1.807) is 26.0 Å². The van der Waals surface area contributed by atoms with Crippen molar-refractivity contribution < 1.29 is 9.50 Å². The number of aromatic nitrogens is 1. The molecule has 1 aliphatic carbocycles. The second kappa shape index (κ2) is 6.48. The maximum Gasteiger partial charge on any atom is 0.129 e. The number of aromatic amines is 1. The molecule has 3 rings (SSSR count). The number of hydrogen-bond donors (Lipinski definition) is 2. The van der Waals surface area contributed by atoms with Gasteiger partial charge in [-0.25, -0.2) is 4.39 Å². The fourth-order valence-electron chi connectivity index (χ4n) is 3.83. The highest BCUT2D eigenvalue weighted by Gasteiger charge is 2.26. The summed E-state index contributed by atoms with van der Waals surface area (Å²) >= 11 is 0. The minimum atomic E-state index is -1.16. The van der Waals surface area contributed by atoms with Crippen LogP contribution in [0.3, 0.4) is 0 Å². The van der Waals surface area contributed by atoms with E-state index in [4.69, 9.17) is 0 Å². The lowest BCUT2D eigenvalue weighted by atomic mass is 9.84. The highest BCUT2D eigenvalue weighted by Crippen LogP contribution is 2.38. The number of rotatable bonds is 5. The summed E-state index contributed by atoms with van der Waals surface area (Å²) < 4.78 is 14.5. The number of halogens is 1. The summed E-state index contributed by atoms with van der Waals surface area (Å²) in [5, 5.41) is 10.1. The van der Waals surface area contributed by atoms with E-state index in [1.165, 1.54) is 25.7 Å². The zero-order chi connectivity index (χ0) is 16.4. The first-order valence-corrected chi connectivity index (χ1v) is 8.60. The Morgan fingerprint density at radius 3 is 2.57 bits per heavy atom. The fraction of sp³-hybridized carbons (Fsp3) is 0.500. The van der Waals surface area contributed by atoms with Crippen LogP contribution in [0.25, 0.3) is 0 Å². The summed E-state index contributed by atoms with van der Waals surface area (Å²) in [7, 11) is 0. The second-order valence-electron chi connectivity index (χ2n) is 7.36. The predicted molar refractivity (Wildman–Crippen MR) is 90.9 cm³/mol. The van der Waals surface area contributed by atoms with Gasteiger partial charge in [0.05, 0.1) is 5.60 Å². The SMILES string of the molecule is CC(C)(O)c1ccc([C@@H](CC2CCCC2)c2ccc[nH]2)cc1F. The number of benzene rings is 1. The molecule has 2 nitrogen and oxygen atoms in total. The van der Waals surface area contributed by atoms with Crippen molar-refractivity contribution in [2.45, 2.75) is 57.5 Å². The van der Waals surface area contributed by atoms with Crippen molar-refractivity contribution in [2.24, 2.45) is 5.92 Å². The Kier molecular flexibility index (Phi) is 4.58. The molecule has 23 heavy (non-hydrogen) atoms. The molecule has 1 aromatic carbocycles. The number of aliphatic hydroxyl groups is 1. The molecule has 1 atom stereocenters. The summed E-state index contributed by atoms with van der Waals surface area (Å²) in [4.78, 5) is 3.30. The van der Waals surface area contributed by atoms with Gasteiger partial charge in [-0.3, -0.25) is 0 Å². The average molecular weight is 315 g/mol. The highest BCUT2D eigenvalue weighted by molar-refractivity contribution is 5.34. The van der Waals surface area contributed by atoms with E-state index in [-0.39, 0.29) is 11.7 Å².